The van der Waals surface area contributed by atoms with Gasteiger partial charge in [0.2, 0.25) is 0 Å². The summed E-state index contributed by atoms with van der Waals surface area (Å²) in [6, 6.07) is 16.5. The molecule has 0 aliphatic rings. The predicted molar refractivity (Wildman–Crippen MR) is 106 cm³/mol. The largest absolute Gasteiger partial charge is 0.491 e. The van der Waals surface area contributed by atoms with Gasteiger partial charge in [-0.15, -0.1) is 0 Å². The van der Waals surface area contributed by atoms with Gasteiger partial charge >= 0.3 is 0 Å². The third-order valence-electron chi connectivity index (χ3n) is 3.73. The van der Waals surface area contributed by atoms with Crippen LogP contribution in [-0.2, 0) is 0 Å². The van der Waals surface area contributed by atoms with Gasteiger partial charge in [-0.25, -0.2) is 0 Å². The minimum atomic E-state index is 0.112. The van der Waals surface area contributed by atoms with Crippen molar-refractivity contribution in [2.24, 2.45) is 0 Å². The molecular formula is C20H26N2OS. The smallest absolute Gasteiger partial charge is 0.171 e. The van der Waals surface area contributed by atoms with Gasteiger partial charge in [-0.1, -0.05) is 43.7 Å². The van der Waals surface area contributed by atoms with Crippen molar-refractivity contribution < 1.29 is 4.74 Å². The Morgan fingerprint density at radius 2 is 1.62 bits per heavy atom. The molecule has 1 unspecified atom stereocenters. The highest BCUT2D eigenvalue weighted by Crippen LogP contribution is 2.17. The molecule has 2 N–H and O–H groups in total. The average Bonchev–Trinajstić information content (AvgIpc) is 2.54. The first-order valence-corrected chi connectivity index (χ1v) is 8.72. The molecule has 2 aromatic carbocycles. The summed E-state index contributed by atoms with van der Waals surface area (Å²) < 4.78 is 5.77. The lowest BCUT2D eigenvalue weighted by Gasteiger charge is -2.18. The number of benzene rings is 2. The summed E-state index contributed by atoms with van der Waals surface area (Å²) in [4.78, 5) is 0. The Morgan fingerprint density at radius 1 is 1.00 bits per heavy atom. The van der Waals surface area contributed by atoms with Crippen LogP contribution in [0.2, 0.25) is 0 Å². The van der Waals surface area contributed by atoms with Gasteiger partial charge in [0.1, 0.15) is 12.4 Å². The first-order chi connectivity index (χ1) is 11.4. The second kappa shape index (κ2) is 8.69. The summed E-state index contributed by atoms with van der Waals surface area (Å²) in [5.41, 5.74) is 3.53. The van der Waals surface area contributed by atoms with Gasteiger partial charge < -0.3 is 15.4 Å². The van der Waals surface area contributed by atoms with E-state index in [4.69, 9.17) is 17.0 Å². The number of rotatable bonds is 6. The zero-order valence-corrected chi connectivity index (χ0v) is 15.6. The fourth-order valence-electron chi connectivity index (χ4n) is 2.24. The lowest BCUT2D eigenvalue weighted by atomic mass is 10.0. The van der Waals surface area contributed by atoms with Gasteiger partial charge in [0.05, 0.1) is 6.04 Å². The van der Waals surface area contributed by atoms with Gasteiger partial charge in [0, 0.05) is 5.69 Å². The Kier molecular flexibility index (Phi) is 6.62. The second-order valence-corrected chi connectivity index (χ2v) is 6.81. The minimum Gasteiger partial charge on any atom is -0.491 e. The van der Waals surface area contributed by atoms with Crippen LogP contribution in [0.1, 0.15) is 37.8 Å². The third-order valence-corrected chi connectivity index (χ3v) is 3.95. The van der Waals surface area contributed by atoms with Gasteiger partial charge in [0.15, 0.2) is 5.11 Å². The Bertz CT molecular complexity index is 650. The molecule has 2 aromatic rings. The first-order valence-electron chi connectivity index (χ1n) is 8.31. The third kappa shape index (κ3) is 5.85. The van der Waals surface area contributed by atoms with Crippen LogP contribution < -0.4 is 15.4 Å². The van der Waals surface area contributed by atoms with E-state index in [1.54, 1.807) is 0 Å². The predicted octanol–water partition coefficient (Wildman–Crippen LogP) is 4.87. The van der Waals surface area contributed by atoms with Crippen LogP contribution in [0.4, 0.5) is 5.69 Å². The molecule has 128 valence electrons. The van der Waals surface area contributed by atoms with Crippen LogP contribution in [0.25, 0.3) is 0 Å². The summed E-state index contributed by atoms with van der Waals surface area (Å²) in [7, 11) is 0. The molecule has 0 amide bonds. The number of anilines is 1. The van der Waals surface area contributed by atoms with E-state index in [0.29, 0.717) is 17.6 Å². The summed E-state index contributed by atoms with van der Waals surface area (Å²) in [5.74, 6) is 1.40. The molecule has 0 aromatic heterocycles. The highest BCUT2D eigenvalue weighted by molar-refractivity contribution is 7.80. The molecule has 0 aliphatic heterocycles. The highest BCUT2D eigenvalue weighted by atomic mass is 32.1. The van der Waals surface area contributed by atoms with E-state index in [2.05, 4.69) is 55.7 Å². The first kappa shape index (κ1) is 18.3. The van der Waals surface area contributed by atoms with E-state index < -0.39 is 0 Å². The number of hydrogen-bond donors (Lipinski definition) is 2. The molecule has 0 saturated heterocycles. The standard InChI is InChI=1S/C20H26N2OS/c1-14(2)17-7-9-18(10-8-17)22-20(24)21-16(4)13-23-19-11-5-15(3)6-12-19/h5-12,14,16H,13H2,1-4H3,(H2,21,22,24). The molecule has 0 radical (unpaired) electrons. The molecule has 0 fully saturated rings. The quantitative estimate of drug-likeness (QED) is 0.734. The molecule has 24 heavy (non-hydrogen) atoms. The van der Waals surface area contributed by atoms with E-state index >= 15 is 0 Å². The lowest BCUT2D eigenvalue weighted by molar-refractivity contribution is 0.287. The monoisotopic (exact) mass is 342 g/mol. The fourth-order valence-corrected chi connectivity index (χ4v) is 2.56. The normalized spacial score (nSPS) is 11.9. The number of thiocarbonyl (C=S) groups is 1. The molecule has 0 bridgehead atoms. The molecule has 2 rings (SSSR count). The van der Waals surface area contributed by atoms with E-state index in [9.17, 15) is 0 Å². The average molecular weight is 343 g/mol. The van der Waals surface area contributed by atoms with Crippen molar-refractivity contribution in [3.05, 3.63) is 59.7 Å². The summed E-state index contributed by atoms with van der Waals surface area (Å²) in [6.07, 6.45) is 0. The molecular weight excluding hydrogens is 316 g/mol. The molecule has 1 atom stereocenters. The minimum absolute atomic E-state index is 0.112. The Labute approximate surface area is 150 Å². The van der Waals surface area contributed by atoms with Gasteiger partial charge in [-0.3, -0.25) is 0 Å². The van der Waals surface area contributed by atoms with Gasteiger partial charge in [-0.2, -0.15) is 0 Å². The number of nitrogens with one attached hydrogen (secondary N) is 2. The van der Waals surface area contributed by atoms with Crippen molar-refractivity contribution in [2.75, 3.05) is 11.9 Å². The molecule has 0 heterocycles. The lowest BCUT2D eigenvalue weighted by Crippen LogP contribution is -2.39. The highest BCUT2D eigenvalue weighted by Gasteiger charge is 2.06. The van der Waals surface area contributed by atoms with Crippen LogP contribution >= 0.6 is 12.2 Å². The molecule has 3 nitrogen and oxygen atoms in total. The van der Waals surface area contributed by atoms with Crippen molar-refractivity contribution in [3.8, 4) is 5.75 Å². The van der Waals surface area contributed by atoms with Crippen LogP contribution in [-0.4, -0.2) is 17.8 Å². The molecule has 4 heteroatoms. The van der Waals surface area contributed by atoms with Crippen molar-refractivity contribution in [3.63, 3.8) is 0 Å². The zero-order chi connectivity index (χ0) is 17.5. The van der Waals surface area contributed by atoms with Crippen LogP contribution in [0.5, 0.6) is 5.75 Å². The topological polar surface area (TPSA) is 33.3 Å². The number of ether oxygens (including phenoxy) is 1. The van der Waals surface area contributed by atoms with Crippen molar-refractivity contribution >= 4 is 23.0 Å². The Balaban J connectivity index is 1.77. The van der Waals surface area contributed by atoms with Crippen molar-refractivity contribution in [1.82, 2.24) is 5.32 Å². The van der Waals surface area contributed by atoms with Gasteiger partial charge in [0.25, 0.3) is 0 Å². The van der Waals surface area contributed by atoms with Crippen LogP contribution in [0.3, 0.4) is 0 Å². The van der Waals surface area contributed by atoms with Crippen molar-refractivity contribution in [2.45, 2.75) is 39.7 Å². The zero-order valence-electron chi connectivity index (χ0n) is 14.8. The van der Waals surface area contributed by atoms with Crippen molar-refractivity contribution in [1.29, 1.82) is 0 Å². The van der Waals surface area contributed by atoms with E-state index in [-0.39, 0.29) is 6.04 Å². The van der Waals surface area contributed by atoms with Crippen LogP contribution in [0, 0.1) is 6.92 Å². The van der Waals surface area contributed by atoms with E-state index in [0.717, 1.165) is 11.4 Å². The van der Waals surface area contributed by atoms with Crippen LogP contribution in [0.15, 0.2) is 48.5 Å². The second-order valence-electron chi connectivity index (χ2n) is 6.40. The van der Waals surface area contributed by atoms with E-state index in [1.807, 2.05) is 31.2 Å². The fraction of sp³-hybridized carbons (Fsp3) is 0.350. The van der Waals surface area contributed by atoms with Gasteiger partial charge in [-0.05, 0) is 61.8 Å². The van der Waals surface area contributed by atoms with E-state index in [1.165, 1.54) is 11.1 Å². The molecule has 0 spiro atoms. The number of aryl methyl sites for hydroxylation is 1. The summed E-state index contributed by atoms with van der Waals surface area (Å²) in [6.45, 7) is 9.03. The number of hydrogen-bond acceptors (Lipinski definition) is 2. The molecule has 0 saturated carbocycles. The maximum Gasteiger partial charge on any atom is 0.171 e. The SMILES string of the molecule is Cc1ccc(OCC(C)NC(=S)Nc2ccc(C(C)C)cc2)cc1. The Morgan fingerprint density at radius 3 is 2.21 bits per heavy atom. The maximum atomic E-state index is 5.77. The summed E-state index contributed by atoms with van der Waals surface area (Å²) in [5, 5.41) is 7.06. The molecule has 0 aliphatic carbocycles. The maximum absolute atomic E-state index is 5.77. The summed E-state index contributed by atoms with van der Waals surface area (Å²) >= 11 is 5.37. The Hall–Kier alpha value is -2.07.